The lowest BCUT2D eigenvalue weighted by Gasteiger charge is -2.31. The maximum absolute atomic E-state index is 11.8. The van der Waals surface area contributed by atoms with E-state index >= 15 is 0 Å². The van der Waals surface area contributed by atoms with Crippen molar-refractivity contribution in [1.29, 1.82) is 0 Å². The Morgan fingerprint density at radius 3 is 2.42 bits per heavy atom. The molecule has 0 bridgehead atoms. The van der Waals surface area contributed by atoms with E-state index < -0.39 is 14.6 Å². The molecule has 1 aromatic heterocycles. The Bertz CT molecular complexity index is 509. The van der Waals surface area contributed by atoms with E-state index in [0.717, 1.165) is 17.7 Å². The van der Waals surface area contributed by atoms with Crippen LogP contribution < -0.4 is 11.3 Å². The monoisotopic (exact) mass is 285 g/mol. The van der Waals surface area contributed by atoms with Crippen LogP contribution >= 0.6 is 0 Å². The van der Waals surface area contributed by atoms with E-state index in [1.165, 1.54) is 6.26 Å². The predicted octanol–water partition coefficient (Wildman–Crippen LogP) is 0.842. The van der Waals surface area contributed by atoms with Gasteiger partial charge in [0.25, 0.3) is 0 Å². The van der Waals surface area contributed by atoms with Crippen LogP contribution in [0.25, 0.3) is 0 Å². The molecule has 0 saturated heterocycles. The number of pyridine rings is 1. The maximum atomic E-state index is 11.8. The van der Waals surface area contributed by atoms with Crippen molar-refractivity contribution in [2.45, 2.75) is 44.4 Å². The molecule has 19 heavy (non-hydrogen) atoms. The highest BCUT2D eigenvalue weighted by atomic mass is 32.2. The molecule has 0 amide bonds. The lowest BCUT2D eigenvalue weighted by molar-refractivity contribution is 0.410. The van der Waals surface area contributed by atoms with Crippen molar-refractivity contribution in [1.82, 2.24) is 10.4 Å². The van der Waals surface area contributed by atoms with Crippen LogP contribution in [0.15, 0.2) is 18.3 Å². The zero-order valence-electron chi connectivity index (χ0n) is 12.0. The fourth-order valence-electron chi connectivity index (χ4n) is 1.76. The highest BCUT2D eigenvalue weighted by Crippen LogP contribution is 2.22. The van der Waals surface area contributed by atoms with Crippen LogP contribution in [0.3, 0.4) is 0 Å². The molecule has 0 fully saturated rings. The van der Waals surface area contributed by atoms with Crippen LogP contribution in [0.2, 0.25) is 0 Å². The summed E-state index contributed by atoms with van der Waals surface area (Å²) < 4.78 is 22.7. The minimum Gasteiger partial charge on any atom is -0.271 e. The van der Waals surface area contributed by atoms with Crippen LogP contribution in [0, 0.1) is 0 Å². The van der Waals surface area contributed by atoms with Gasteiger partial charge >= 0.3 is 0 Å². The number of hydrogen-bond donors (Lipinski definition) is 2. The van der Waals surface area contributed by atoms with Gasteiger partial charge in [0.15, 0.2) is 9.84 Å². The summed E-state index contributed by atoms with van der Waals surface area (Å²) in [7, 11) is -3.22. The van der Waals surface area contributed by atoms with Crippen LogP contribution in [0.5, 0.6) is 0 Å². The lowest BCUT2D eigenvalue weighted by Crippen LogP contribution is -2.55. The summed E-state index contributed by atoms with van der Waals surface area (Å²) in [6.45, 7) is 5.41. The van der Waals surface area contributed by atoms with Gasteiger partial charge in [0.2, 0.25) is 0 Å². The van der Waals surface area contributed by atoms with Crippen molar-refractivity contribution >= 4 is 9.84 Å². The molecule has 3 N–H and O–H groups in total. The number of aromatic nitrogens is 1. The molecule has 5 nitrogen and oxygen atoms in total. The molecule has 108 valence electrons. The first-order valence-corrected chi connectivity index (χ1v) is 8.21. The average molecular weight is 285 g/mol. The third-order valence-electron chi connectivity index (χ3n) is 3.70. The molecule has 0 spiro atoms. The van der Waals surface area contributed by atoms with Crippen molar-refractivity contribution in [2.24, 2.45) is 5.84 Å². The Kier molecular flexibility index (Phi) is 5.06. The molecule has 1 unspecified atom stereocenters. The number of nitrogens with two attached hydrogens (primary N) is 1. The molecule has 0 aliphatic carbocycles. The summed E-state index contributed by atoms with van der Waals surface area (Å²) in [4.78, 5) is 4.34. The predicted molar refractivity (Wildman–Crippen MR) is 77.4 cm³/mol. The van der Waals surface area contributed by atoms with E-state index in [1.54, 1.807) is 13.8 Å². The number of aryl methyl sites for hydroxylation is 1. The van der Waals surface area contributed by atoms with E-state index in [2.05, 4.69) is 17.3 Å². The van der Waals surface area contributed by atoms with Crippen LogP contribution in [-0.4, -0.2) is 30.4 Å². The third kappa shape index (κ3) is 3.75. The van der Waals surface area contributed by atoms with Gasteiger partial charge in [-0.1, -0.05) is 13.0 Å². The van der Waals surface area contributed by atoms with Gasteiger partial charge in [0.1, 0.15) is 0 Å². The molecule has 0 aliphatic heterocycles. The van der Waals surface area contributed by atoms with Gasteiger partial charge in [-0.15, -0.1) is 0 Å². The zero-order valence-corrected chi connectivity index (χ0v) is 12.8. The summed E-state index contributed by atoms with van der Waals surface area (Å²) in [6, 6.07) is 3.53. The molecule has 1 aromatic rings. The largest absolute Gasteiger partial charge is 0.271 e. The van der Waals surface area contributed by atoms with Crippen LogP contribution in [0.1, 0.15) is 32.0 Å². The zero-order chi connectivity index (χ0) is 14.7. The minimum atomic E-state index is -3.22. The highest BCUT2D eigenvalue weighted by Gasteiger charge is 2.38. The number of rotatable bonds is 6. The smallest absolute Gasteiger partial charge is 0.154 e. The molecule has 0 radical (unpaired) electrons. The van der Waals surface area contributed by atoms with Gasteiger partial charge in [-0.3, -0.25) is 16.3 Å². The third-order valence-corrected chi connectivity index (χ3v) is 5.90. The normalized spacial score (nSPS) is 14.4. The van der Waals surface area contributed by atoms with Gasteiger partial charge in [-0.05, 0) is 31.9 Å². The number of hydrogen-bond acceptors (Lipinski definition) is 5. The van der Waals surface area contributed by atoms with E-state index in [9.17, 15) is 8.42 Å². The van der Waals surface area contributed by atoms with Crippen LogP contribution in [-0.2, 0) is 22.7 Å². The van der Waals surface area contributed by atoms with Gasteiger partial charge < -0.3 is 0 Å². The first kappa shape index (κ1) is 16.1. The molecule has 6 heteroatoms. The number of sulfone groups is 1. The summed E-state index contributed by atoms with van der Waals surface area (Å²) >= 11 is 0. The van der Waals surface area contributed by atoms with Crippen molar-refractivity contribution in [3.63, 3.8) is 0 Å². The van der Waals surface area contributed by atoms with Gasteiger partial charge in [0.05, 0.1) is 4.75 Å². The first-order valence-electron chi connectivity index (χ1n) is 6.32. The van der Waals surface area contributed by atoms with E-state index in [-0.39, 0.29) is 6.04 Å². The van der Waals surface area contributed by atoms with E-state index in [4.69, 9.17) is 5.84 Å². The molecule has 0 aromatic carbocycles. The van der Waals surface area contributed by atoms with Crippen molar-refractivity contribution in [2.75, 3.05) is 6.26 Å². The number of hydrazine groups is 1. The average Bonchev–Trinajstić information content (AvgIpc) is 2.35. The Morgan fingerprint density at radius 1 is 1.42 bits per heavy atom. The van der Waals surface area contributed by atoms with E-state index in [1.807, 2.05) is 18.3 Å². The molecular formula is C13H23N3O2S. The van der Waals surface area contributed by atoms with E-state index in [0.29, 0.717) is 6.42 Å². The van der Waals surface area contributed by atoms with Gasteiger partial charge in [0, 0.05) is 30.6 Å². The summed E-state index contributed by atoms with van der Waals surface area (Å²) in [5.74, 6) is 5.52. The quantitative estimate of drug-likeness (QED) is 0.597. The van der Waals surface area contributed by atoms with Crippen molar-refractivity contribution < 1.29 is 8.42 Å². The molecular weight excluding hydrogens is 262 g/mol. The molecule has 1 atom stereocenters. The molecule has 1 heterocycles. The fourth-order valence-corrected chi connectivity index (χ4v) is 2.43. The summed E-state index contributed by atoms with van der Waals surface area (Å²) in [5, 5.41) is 0. The number of nitrogens with zero attached hydrogens (tertiary/aromatic N) is 1. The highest BCUT2D eigenvalue weighted by molar-refractivity contribution is 7.92. The minimum absolute atomic E-state index is 0.387. The Morgan fingerprint density at radius 2 is 2.05 bits per heavy atom. The number of nitrogens with one attached hydrogen (secondary N) is 1. The Hall–Kier alpha value is -0.980. The second-order valence-corrected chi connectivity index (χ2v) is 7.91. The van der Waals surface area contributed by atoms with Gasteiger partial charge in [-0.25, -0.2) is 8.42 Å². The first-order chi connectivity index (χ1) is 8.72. The fraction of sp³-hybridized carbons (Fsp3) is 0.615. The second kappa shape index (κ2) is 5.98. The van der Waals surface area contributed by atoms with Crippen LogP contribution in [0.4, 0.5) is 0 Å². The Balaban J connectivity index is 2.93. The second-order valence-electron chi connectivity index (χ2n) is 5.31. The summed E-state index contributed by atoms with van der Waals surface area (Å²) in [5.41, 5.74) is 4.59. The molecule has 1 rings (SSSR count). The van der Waals surface area contributed by atoms with Crippen molar-refractivity contribution in [3.8, 4) is 0 Å². The summed E-state index contributed by atoms with van der Waals surface area (Å²) in [6.07, 6.45) is 4.45. The standard InChI is InChI=1S/C13H23N3O2S/c1-5-10-6-7-11(15-9-10)8-12(16-14)13(2,3)19(4,17)18/h6-7,9,12,16H,5,8,14H2,1-4H3. The van der Waals surface area contributed by atoms with Gasteiger partial charge in [-0.2, -0.15) is 0 Å². The Labute approximate surface area is 115 Å². The SMILES string of the molecule is CCc1ccc(CC(NN)C(C)(C)S(C)(=O)=O)nc1. The maximum Gasteiger partial charge on any atom is 0.154 e. The molecule has 0 aliphatic rings. The molecule has 0 saturated carbocycles. The van der Waals surface area contributed by atoms with Crippen molar-refractivity contribution in [3.05, 3.63) is 29.6 Å². The lowest BCUT2D eigenvalue weighted by atomic mass is 9.98. The topological polar surface area (TPSA) is 85.1 Å².